The fourth-order valence-corrected chi connectivity index (χ4v) is 1.77. The van der Waals surface area contributed by atoms with E-state index in [1.54, 1.807) is 12.4 Å². The van der Waals surface area contributed by atoms with Crippen LogP contribution in [0, 0.1) is 5.92 Å². The summed E-state index contributed by atoms with van der Waals surface area (Å²) in [6.45, 7) is 2.76. The number of aromatic nitrogens is 1. The first kappa shape index (κ1) is 10.2. The van der Waals surface area contributed by atoms with Crippen LogP contribution in [0.25, 0.3) is 0 Å². The monoisotopic (exact) mass is 207 g/mol. The lowest BCUT2D eigenvalue weighted by molar-refractivity contribution is 0.0699. The molecule has 0 spiro atoms. The standard InChI is InChI=1S/C11H17N3O/c12-10-5-11(8-13-7-10)14-6-9-1-3-15-4-2-9/h5,7-9,14H,1-4,6,12H2. The molecule has 1 aromatic heterocycles. The van der Waals surface area contributed by atoms with Crippen molar-refractivity contribution in [1.29, 1.82) is 0 Å². The molecule has 1 aliphatic rings. The molecule has 0 atom stereocenters. The van der Waals surface area contributed by atoms with E-state index in [4.69, 9.17) is 10.5 Å². The second-order valence-electron chi connectivity index (χ2n) is 3.94. The van der Waals surface area contributed by atoms with Gasteiger partial charge in [-0.05, 0) is 24.8 Å². The van der Waals surface area contributed by atoms with Crippen LogP contribution in [0.3, 0.4) is 0 Å². The lowest BCUT2D eigenvalue weighted by Gasteiger charge is -2.22. The molecule has 2 heterocycles. The van der Waals surface area contributed by atoms with Crippen LogP contribution < -0.4 is 11.1 Å². The van der Waals surface area contributed by atoms with E-state index in [1.165, 1.54) is 0 Å². The van der Waals surface area contributed by atoms with Gasteiger partial charge >= 0.3 is 0 Å². The number of nitrogens with two attached hydrogens (primary N) is 1. The van der Waals surface area contributed by atoms with Crippen molar-refractivity contribution in [2.75, 3.05) is 30.8 Å². The summed E-state index contributed by atoms with van der Waals surface area (Å²) in [6.07, 6.45) is 5.74. The molecule has 1 aliphatic heterocycles. The third kappa shape index (κ3) is 3.09. The molecule has 0 radical (unpaired) electrons. The molecule has 15 heavy (non-hydrogen) atoms. The highest BCUT2D eigenvalue weighted by molar-refractivity contribution is 5.51. The van der Waals surface area contributed by atoms with Crippen LogP contribution in [0.2, 0.25) is 0 Å². The molecule has 82 valence electrons. The summed E-state index contributed by atoms with van der Waals surface area (Å²) >= 11 is 0. The zero-order valence-electron chi connectivity index (χ0n) is 8.78. The van der Waals surface area contributed by atoms with E-state index in [1.807, 2.05) is 6.07 Å². The van der Waals surface area contributed by atoms with E-state index in [0.717, 1.165) is 38.3 Å². The molecule has 4 heteroatoms. The molecule has 2 rings (SSSR count). The van der Waals surface area contributed by atoms with Gasteiger partial charge in [0.2, 0.25) is 0 Å². The fraction of sp³-hybridized carbons (Fsp3) is 0.545. The predicted octanol–water partition coefficient (Wildman–Crippen LogP) is 1.50. The van der Waals surface area contributed by atoms with E-state index >= 15 is 0 Å². The van der Waals surface area contributed by atoms with E-state index in [-0.39, 0.29) is 0 Å². The summed E-state index contributed by atoms with van der Waals surface area (Å²) in [5.41, 5.74) is 7.35. The predicted molar refractivity (Wildman–Crippen MR) is 60.7 cm³/mol. The Balaban J connectivity index is 1.81. The van der Waals surface area contributed by atoms with Gasteiger partial charge in [-0.2, -0.15) is 0 Å². The maximum Gasteiger partial charge on any atom is 0.0547 e. The molecule has 4 nitrogen and oxygen atoms in total. The Kier molecular flexibility index (Phi) is 3.40. The van der Waals surface area contributed by atoms with Crippen molar-refractivity contribution < 1.29 is 4.74 Å². The normalized spacial score (nSPS) is 17.6. The number of rotatable bonds is 3. The average Bonchev–Trinajstić information content (AvgIpc) is 2.28. The Morgan fingerprint density at radius 2 is 2.20 bits per heavy atom. The summed E-state index contributed by atoms with van der Waals surface area (Å²) in [7, 11) is 0. The second kappa shape index (κ2) is 4.98. The molecule has 3 N–H and O–H groups in total. The molecule has 1 aromatic rings. The SMILES string of the molecule is Nc1cncc(NCC2CCOCC2)c1. The maximum absolute atomic E-state index is 5.64. The Labute approximate surface area is 89.8 Å². The summed E-state index contributed by atoms with van der Waals surface area (Å²) < 4.78 is 5.31. The number of pyridine rings is 1. The zero-order chi connectivity index (χ0) is 10.5. The number of nitrogens with one attached hydrogen (secondary N) is 1. The first-order chi connectivity index (χ1) is 7.34. The Bertz CT molecular complexity index is 310. The molecule has 0 bridgehead atoms. The summed E-state index contributed by atoms with van der Waals surface area (Å²) in [6, 6.07) is 1.91. The number of nitrogen functional groups attached to an aromatic ring is 1. The Hall–Kier alpha value is -1.29. The van der Waals surface area contributed by atoms with E-state index in [9.17, 15) is 0 Å². The van der Waals surface area contributed by atoms with Crippen LogP contribution in [0.1, 0.15) is 12.8 Å². The number of anilines is 2. The van der Waals surface area contributed by atoms with Gasteiger partial charge in [0, 0.05) is 26.0 Å². The van der Waals surface area contributed by atoms with Crippen LogP contribution in [0.15, 0.2) is 18.5 Å². The molecular weight excluding hydrogens is 190 g/mol. The number of hydrogen-bond acceptors (Lipinski definition) is 4. The fourth-order valence-electron chi connectivity index (χ4n) is 1.77. The summed E-state index contributed by atoms with van der Waals surface area (Å²) in [5.74, 6) is 0.709. The van der Waals surface area contributed by atoms with Crippen molar-refractivity contribution in [3.05, 3.63) is 18.5 Å². The number of ether oxygens (including phenoxy) is 1. The first-order valence-electron chi connectivity index (χ1n) is 5.37. The molecule has 0 aromatic carbocycles. The number of nitrogens with zero attached hydrogens (tertiary/aromatic N) is 1. The van der Waals surface area contributed by atoms with Gasteiger partial charge < -0.3 is 15.8 Å². The smallest absolute Gasteiger partial charge is 0.0547 e. The zero-order valence-corrected chi connectivity index (χ0v) is 8.78. The van der Waals surface area contributed by atoms with Crippen LogP contribution >= 0.6 is 0 Å². The second-order valence-corrected chi connectivity index (χ2v) is 3.94. The van der Waals surface area contributed by atoms with Crippen LogP contribution in [-0.4, -0.2) is 24.7 Å². The van der Waals surface area contributed by atoms with Crippen molar-refractivity contribution in [1.82, 2.24) is 4.98 Å². The number of hydrogen-bond donors (Lipinski definition) is 2. The van der Waals surface area contributed by atoms with E-state index in [2.05, 4.69) is 10.3 Å². The topological polar surface area (TPSA) is 60.2 Å². The van der Waals surface area contributed by atoms with Gasteiger partial charge in [0.1, 0.15) is 0 Å². The van der Waals surface area contributed by atoms with Gasteiger partial charge in [0.05, 0.1) is 17.6 Å². The average molecular weight is 207 g/mol. The van der Waals surface area contributed by atoms with Crippen molar-refractivity contribution in [3.63, 3.8) is 0 Å². The van der Waals surface area contributed by atoms with Crippen molar-refractivity contribution in [3.8, 4) is 0 Å². The van der Waals surface area contributed by atoms with Gasteiger partial charge in [0.25, 0.3) is 0 Å². The quantitative estimate of drug-likeness (QED) is 0.788. The maximum atomic E-state index is 5.64. The van der Waals surface area contributed by atoms with Crippen LogP contribution in [-0.2, 0) is 4.74 Å². The van der Waals surface area contributed by atoms with Gasteiger partial charge in [-0.25, -0.2) is 0 Å². The minimum absolute atomic E-state index is 0.701. The van der Waals surface area contributed by atoms with Crippen LogP contribution in [0.4, 0.5) is 11.4 Å². The third-order valence-corrected chi connectivity index (χ3v) is 2.70. The largest absolute Gasteiger partial charge is 0.397 e. The minimum Gasteiger partial charge on any atom is -0.397 e. The van der Waals surface area contributed by atoms with Gasteiger partial charge in [-0.1, -0.05) is 0 Å². The summed E-state index contributed by atoms with van der Waals surface area (Å²) in [5, 5.41) is 3.36. The molecule has 0 aliphatic carbocycles. The van der Waals surface area contributed by atoms with Crippen molar-refractivity contribution in [2.45, 2.75) is 12.8 Å². The van der Waals surface area contributed by atoms with Crippen molar-refractivity contribution >= 4 is 11.4 Å². The summed E-state index contributed by atoms with van der Waals surface area (Å²) in [4.78, 5) is 4.04. The highest BCUT2D eigenvalue weighted by Gasteiger charge is 2.13. The highest BCUT2D eigenvalue weighted by Crippen LogP contribution is 2.16. The Morgan fingerprint density at radius 3 is 2.93 bits per heavy atom. The molecule has 0 amide bonds. The molecule has 0 saturated carbocycles. The highest BCUT2D eigenvalue weighted by atomic mass is 16.5. The van der Waals surface area contributed by atoms with E-state index in [0.29, 0.717) is 11.6 Å². The van der Waals surface area contributed by atoms with E-state index < -0.39 is 0 Å². The third-order valence-electron chi connectivity index (χ3n) is 2.70. The first-order valence-corrected chi connectivity index (χ1v) is 5.37. The van der Waals surface area contributed by atoms with Crippen LogP contribution in [0.5, 0.6) is 0 Å². The molecule has 0 unspecified atom stereocenters. The minimum atomic E-state index is 0.701. The van der Waals surface area contributed by atoms with Gasteiger partial charge in [-0.3, -0.25) is 4.98 Å². The molecular formula is C11H17N3O. The lowest BCUT2D eigenvalue weighted by atomic mass is 10.0. The molecule has 1 fully saturated rings. The van der Waals surface area contributed by atoms with Gasteiger partial charge in [-0.15, -0.1) is 0 Å². The lowest BCUT2D eigenvalue weighted by Crippen LogP contribution is -2.22. The van der Waals surface area contributed by atoms with Gasteiger partial charge in [0.15, 0.2) is 0 Å². The molecule has 1 saturated heterocycles. The Morgan fingerprint density at radius 1 is 1.40 bits per heavy atom. The van der Waals surface area contributed by atoms with Crippen molar-refractivity contribution in [2.24, 2.45) is 5.92 Å².